The van der Waals surface area contributed by atoms with Crippen molar-refractivity contribution in [3.8, 4) is 0 Å². The first kappa shape index (κ1) is 10.7. The lowest BCUT2D eigenvalue weighted by molar-refractivity contribution is 0.686. The van der Waals surface area contributed by atoms with E-state index in [1.807, 2.05) is 6.21 Å². The van der Waals surface area contributed by atoms with Crippen molar-refractivity contribution in [3.05, 3.63) is 12.3 Å². The largest absolute Gasteiger partial charge is 0.381 e. The molecule has 0 aromatic heterocycles. The van der Waals surface area contributed by atoms with Gasteiger partial charge >= 0.3 is 0 Å². The third-order valence-corrected chi connectivity index (χ3v) is 1.90. The molecule has 1 aliphatic heterocycles. The molecule has 6 heteroatoms. The summed E-state index contributed by atoms with van der Waals surface area (Å²) in [6.07, 6.45) is 3.83. The Morgan fingerprint density at radius 3 is 3.21 bits per heavy atom. The summed E-state index contributed by atoms with van der Waals surface area (Å²) in [7, 11) is 0. The summed E-state index contributed by atoms with van der Waals surface area (Å²) >= 11 is 0. The van der Waals surface area contributed by atoms with E-state index in [0.717, 1.165) is 18.5 Å². The summed E-state index contributed by atoms with van der Waals surface area (Å²) in [5.74, 6) is 5.20. The number of aliphatic imine (C=N–C) groups is 1. The molecule has 0 amide bonds. The first-order valence-electron chi connectivity index (χ1n) is 4.45. The van der Waals surface area contributed by atoms with E-state index in [2.05, 4.69) is 27.8 Å². The van der Waals surface area contributed by atoms with Gasteiger partial charge in [0.2, 0.25) is 0 Å². The lowest BCUT2D eigenvalue weighted by Gasteiger charge is -2.04. The maximum absolute atomic E-state index is 7.30. The first-order chi connectivity index (χ1) is 6.72. The summed E-state index contributed by atoms with van der Waals surface area (Å²) in [6, 6.07) is 0.265. The minimum atomic E-state index is 0.237. The van der Waals surface area contributed by atoms with E-state index in [1.165, 1.54) is 0 Å². The molecule has 0 saturated carbocycles. The smallest absolute Gasteiger partial charge is 0.131 e. The third kappa shape index (κ3) is 3.55. The lowest BCUT2D eigenvalue weighted by atomic mass is 10.2. The van der Waals surface area contributed by atoms with E-state index in [1.54, 1.807) is 0 Å². The molecule has 1 rings (SSSR count). The number of hydrazine groups is 2. The van der Waals surface area contributed by atoms with Crippen molar-refractivity contribution < 1.29 is 0 Å². The second-order valence-corrected chi connectivity index (χ2v) is 3.13. The molecular weight excluding hydrogens is 180 g/mol. The highest BCUT2D eigenvalue weighted by Gasteiger charge is 2.13. The fourth-order valence-corrected chi connectivity index (χ4v) is 1.25. The predicted octanol–water partition coefficient (Wildman–Crippen LogP) is -0.732. The molecule has 14 heavy (non-hydrogen) atoms. The highest BCUT2D eigenvalue weighted by atomic mass is 15.5. The number of allylic oxidation sites excluding steroid dienone is 1. The highest BCUT2D eigenvalue weighted by Crippen LogP contribution is 2.11. The van der Waals surface area contributed by atoms with Crippen molar-refractivity contribution in [1.82, 2.24) is 16.3 Å². The maximum atomic E-state index is 7.30. The van der Waals surface area contributed by atoms with Crippen molar-refractivity contribution in [2.45, 2.75) is 18.9 Å². The van der Waals surface area contributed by atoms with Gasteiger partial charge in [0.15, 0.2) is 0 Å². The summed E-state index contributed by atoms with van der Waals surface area (Å²) in [5, 5.41) is 10.5. The van der Waals surface area contributed by atoms with E-state index in [9.17, 15) is 0 Å². The molecule has 6 nitrogen and oxygen atoms in total. The summed E-state index contributed by atoms with van der Waals surface area (Å²) < 4.78 is 0. The monoisotopic (exact) mass is 196 g/mol. The molecule has 1 fully saturated rings. The van der Waals surface area contributed by atoms with E-state index in [0.29, 0.717) is 6.54 Å². The second kappa shape index (κ2) is 5.36. The summed E-state index contributed by atoms with van der Waals surface area (Å²) in [4.78, 5) is 4.10. The van der Waals surface area contributed by atoms with Gasteiger partial charge in [-0.2, -0.15) is 5.53 Å². The fraction of sp³-hybridized carbons (Fsp3) is 0.500. The Labute approximate surface area is 83.1 Å². The number of hydrogen-bond acceptors (Lipinski definition) is 5. The molecule has 0 bridgehead atoms. The Kier molecular flexibility index (Phi) is 4.09. The van der Waals surface area contributed by atoms with Crippen molar-refractivity contribution in [3.63, 3.8) is 0 Å². The van der Waals surface area contributed by atoms with Gasteiger partial charge in [-0.1, -0.05) is 6.58 Å². The average Bonchev–Trinajstić information content (AvgIpc) is 2.52. The topological polar surface area (TPSA) is 98.3 Å². The fourth-order valence-electron chi connectivity index (χ4n) is 1.25. The van der Waals surface area contributed by atoms with Crippen molar-refractivity contribution in [2.75, 3.05) is 6.54 Å². The molecule has 0 aromatic carbocycles. The molecule has 0 radical (unpaired) electrons. The van der Waals surface area contributed by atoms with Gasteiger partial charge in [0, 0.05) is 11.9 Å². The summed E-state index contributed by atoms with van der Waals surface area (Å²) in [5.41, 5.74) is 5.67. The number of amidine groups is 1. The number of nitrogens with one attached hydrogen (secondary N) is 4. The van der Waals surface area contributed by atoms with E-state index in [-0.39, 0.29) is 11.9 Å². The Balaban J connectivity index is 2.20. The lowest BCUT2D eigenvalue weighted by Crippen LogP contribution is -2.43. The van der Waals surface area contributed by atoms with Gasteiger partial charge in [-0.25, -0.2) is 0 Å². The molecule has 1 atom stereocenters. The Hall–Kier alpha value is -1.40. The van der Waals surface area contributed by atoms with Crippen LogP contribution in [-0.2, 0) is 0 Å². The molecule has 0 spiro atoms. The van der Waals surface area contributed by atoms with Crippen LogP contribution in [0.15, 0.2) is 17.3 Å². The van der Waals surface area contributed by atoms with Gasteiger partial charge in [-0.15, -0.1) is 0 Å². The quantitative estimate of drug-likeness (QED) is 0.177. The standard InChI is InChI=1S/C8H16N6/c1-6-2-3-7(12-6)4-11-5-8(9)13-14-10/h4,7,12,14H,1-3,5,10H2,(H2,9,13)/b11-4+. The molecule has 1 unspecified atom stereocenters. The zero-order valence-corrected chi connectivity index (χ0v) is 8.01. The van der Waals surface area contributed by atoms with Crippen LogP contribution >= 0.6 is 0 Å². The zero-order chi connectivity index (χ0) is 10.4. The van der Waals surface area contributed by atoms with E-state index >= 15 is 0 Å². The molecule has 1 aliphatic rings. The minimum absolute atomic E-state index is 0.237. The molecule has 1 saturated heterocycles. The summed E-state index contributed by atoms with van der Waals surface area (Å²) in [6.45, 7) is 4.12. The number of nitrogens with two attached hydrogens (primary N) is 1. The number of rotatable bonds is 4. The van der Waals surface area contributed by atoms with Gasteiger partial charge in [-0.05, 0) is 12.8 Å². The molecule has 6 N–H and O–H groups in total. The van der Waals surface area contributed by atoms with Crippen LogP contribution in [0.4, 0.5) is 0 Å². The molecule has 1 heterocycles. The Morgan fingerprint density at radius 1 is 1.86 bits per heavy atom. The van der Waals surface area contributed by atoms with E-state index in [4.69, 9.17) is 11.3 Å². The predicted molar refractivity (Wildman–Crippen MR) is 56.8 cm³/mol. The normalized spacial score (nSPS) is 21.2. The number of nitrogens with zero attached hydrogens (tertiary/aromatic N) is 1. The first-order valence-corrected chi connectivity index (χ1v) is 4.45. The van der Waals surface area contributed by atoms with Crippen LogP contribution in [-0.4, -0.2) is 24.6 Å². The van der Waals surface area contributed by atoms with Crippen LogP contribution in [0.25, 0.3) is 0 Å². The van der Waals surface area contributed by atoms with Crippen LogP contribution in [0.5, 0.6) is 0 Å². The second-order valence-electron chi connectivity index (χ2n) is 3.13. The van der Waals surface area contributed by atoms with Gasteiger partial charge in [-0.3, -0.25) is 21.7 Å². The van der Waals surface area contributed by atoms with Crippen LogP contribution in [0.3, 0.4) is 0 Å². The van der Waals surface area contributed by atoms with Crippen molar-refractivity contribution in [2.24, 2.45) is 10.8 Å². The third-order valence-electron chi connectivity index (χ3n) is 1.90. The van der Waals surface area contributed by atoms with Gasteiger partial charge in [0.05, 0.1) is 12.6 Å². The van der Waals surface area contributed by atoms with Crippen LogP contribution in [0.2, 0.25) is 0 Å². The Bertz CT molecular complexity index is 246. The van der Waals surface area contributed by atoms with Crippen LogP contribution in [0.1, 0.15) is 12.8 Å². The molecule has 78 valence electrons. The van der Waals surface area contributed by atoms with Gasteiger partial charge in [0.25, 0.3) is 0 Å². The van der Waals surface area contributed by atoms with Gasteiger partial charge in [0.1, 0.15) is 5.84 Å². The average molecular weight is 196 g/mol. The number of hydrogen-bond donors (Lipinski definition) is 5. The van der Waals surface area contributed by atoms with Crippen LogP contribution in [0, 0.1) is 5.41 Å². The van der Waals surface area contributed by atoms with Crippen molar-refractivity contribution in [1.29, 1.82) is 5.41 Å². The van der Waals surface area contributed by atoms with Crippen molar-refractivity contribution >= 4 is 12.1 Å². The maximum Gasteiger partial charge on any atom is 0.131 e. The molecule has 0 aromatic rings. The molecule has 0 aliphatic carbocycles. The molecular formula is C8H16N6. The highest BCUT2D eigenvalue weighted by molar-refractivity contribution is 5.82. The zero-order valence-electron chi connectivity index (χ0n) is 8.01. The van der Waals surface area contributed by atoms with Gasteiger partial charge < -0.3 is 5.32 Å². The Morgan fingerprint density at radius 2 is 2.64 bits per heavy atom. The minimum Gasteiger partial charge on any atom is -0.381 e. The SMILES string of the molecule is C=C1CCC(/C=N/CC(=N)NNN)N1. The van der Waals surface area contributed by atoms with E-state index < -0.39 is 0 Å². The van der Waals surface area contributed by atoms with Crippen LogP contribution < -0.4 is 22.1 Å².